The van der Waals surface area contributed by atoms with E-state index < -0.39 is 6.10 Å². The Hall–Kier alpha value is -1.59. The zero-order valence-electron chi connectivity index (χ0n) is 13.7. The smallest absolute Gasteiger partial charge is 0.119 e. The van der Waals surface area contributed by atoms with E-state index in [2.05, 4.69) is 4.90 Å². The predicted molar refractivity (Wildman–Crippen MR) is 94.5 cm³/mol. The number of aliphatic hydroxyl groups excluding tert-OH is 1. The number of hydrogen-bond acceptors (Lipinski definition) is 4. The van der Waals surface area contributed by atoms with Crippen molar-refractivity contribution in [2.45, 2.75) is 12.2 Å². The molecule has 3 rings (SSSR count). The zero-order valence-corrected chi connectivity index (χ0v) is 14.4. The Labute approximate surface area is 147 Å². The third kappa shape index (κ3) is 4.08. The lowest BCUT2D eigenvalue weighted by molar-refractivity contribution is -0.0423. The lowest BCUT2D eigenvalue weighted by atomic mass is 10.1. The van der Waals surface area contributed by atoms with Crippen LogP contribution in [-0.2, 0) is 4.74 Å². The molecular weight excluding hydrogens is 326 g/mol. The molecule has 2 aromatic rings. The molecule has 0 bridgehead atoms. The highest BCUT2D eigenvalue weighted by Crippen LogP contribution is 2.29. The Balaban J connectivity index is 1.65. The Kier molecular flexibility index (Phi) is 5.74. The van der Waals surface area contributed by atoms with Gasteiger partial charge in [-0.3, -0.25) is 4.90 Å². The van der Waals surface area contributed by atoms with Crippen molar-refractivity contribution in [2.75, 3.05) is 33.4 Å². The minimum Gasteiger partial charge on any atom is -0.497 e. The molecule has 2 aromatic carbocycles. The van der Waals surface area contributed by atoms with Crippen LogP contribution in [0, 0.1) is 0 Å². The standard InChI is InChI=1S/C19H22ClNO3/c1-23-15-6-4-5-14(11-15)18(22)12-21-9-10-24-19(13-21)16-7-2-3-8-17(16)20/h2-8,11,18-19,22H,9-10,12-13H2,1H3. The van der Waals surface area contributed by atoms with Crippen LogP contribution in [0.2, 0.25) is 5.02 Å². The second-order valence-electron chi connectivity index (χ2n) is 5.93. The van der Waals surface area contributed by atoms with Crippen molar-refractivity contribution in [1.29, 1.82) is 0 Å². The first-order chi connectivity index (χ1) is 11.7. The number of nitrogens with zero attached hydrogens (tertiary/aromatic N) is 1. The molecule has 0 aliphatic carbocycles. The van der Waals surface area contributed by atoms with Gasteiger partial charge in [-0.25, -0.2) is 0 Å². The van der Waals surface area contributed by atoms with Gasteiger partial charge in [0, 0.05) is 30.2 Å². The van der Waals surface area contributed by atoms with E-state index in [0.29, 0.717) is 19.7 Å². The van der Waals surface area contributed by atoms with Crippen LogP contribution in [0.15, 0.2) is 48.5 Å². The van der Waals surface area contributed by atoms with Crippen molar-refractivity contribution in [3.05, 3.63) is 64.7 Å². The number of methoxy groups -OCH3 is 1. The van der Waals surface area contributed by atoms with Gasteiger partial charge in [0.2, 0.25) is 0 Å². The van der Waals surface area contributed by atoms with Crippen LogP contribution in [-0.4, -0.2) is 43.4 Å². The van der Waals surface area contributed by atoms with Gasteiger partial charge in [0.15, 0.2) is 0 Å². The molecule has 0 saturated carbocycles. The molecule has 1 aliphatic heterocycles. The van der Waals surface area contributed by atoms with Crippen LogP contribution in [0.3, 0.4) is 0 Å². The molecule has 24 heavy (non-hydrogen) atoms. The lowest BCUT2D eigenvalue weighted by Crippen LogP contribution is -2.40. The molecule has 1 N–H and O–H groups in total. The molecule has 0 spiro atoms. The Morgan fingerprint density at radius 3 is 2.92 bits per heavy atom. The molecule has 0 amide bonds. The number of rotatable bonds is 5. The number of morpholine rings is 1. The average molecular weight is 348 g/mol. The van der Waals surface area contributed by atoms with Crippen LogP contribution >= 0.6 is 11.6 Å². The largest absolute Gasteiger partial charge is 0.497 e. The van der Waals surface area contributed by atoms with Crippen molar-refractivity contribution in [2.24, 2.45) is 0 Å². The highest BCUT2D eigenvalue weighted by molar-refractivity contribution is 6.31. The summed E-state index contributed by atoms with van der Waals surface area (Å²) < 4.78 is 11.1. The van der Waals surface area contributed by atoms with Crippen LogP contribution in [0.5, 0.6) is 5.75 Å². The van der Waals surface area contributed by atoms with Gasteiger partial charge in [-0.2, -0.15) is 0 Å². The third-order valence-corrected chi connectivity index (χ3v) is 4.66. The third-order valence-electron chi connectivity index (χ3n) is 4.31. The lowest BCUT2D eigenvalue weighted by Gasteiger charge is -2.34. The molecule has 1 heterocycles. The van der Waals surface area contributed by atoms with Crippen molar-refractivity contribution in [3.63, 3.8) is 0 Å². The number of aliphatic hydroxyl groups is 1. The normalized spacial score (nSPS) is 19.9. The number of hydrogen-bond donors (Lipinski definition) is 1. The second kappa shape index (κ2) is 7.99. The number of β-amino-alcohol motifs (C(OH)–C–C–N with tert-alkyl or cyclic N) is 1. The van der Waals surface area contributed by atoms with Gasteiger partial charge in [0.05, 0.1) is 25.9 Å². The molecule has 1 saturated heterocycles. The van der Waals surface area contributed by atoms with Gasteiger partial charge in [-0.15, -0.1) is 0 Å². The zero-order chi connectivity index (χ0) is 16.9. The summed E-state index contributed by atoms with van der Waals surface area (Å²) in [7, 11) is 1.63. The maximum absolute atomic E-state index is 10.5. The van der Waals surface area contributed by atoms with Crippen LogP contribution in [0.4, 0.5) is 0 Å². The molecule has 5 heteroatoms. The van der Waals surface area contributed by atoms with Crippen molar-refractivity contribution in [3.8, 4) is 5.75 Å². The van der Waals surface area contributed by atoms with E-state index in [1.54, 1.807) is 7.11 Å². The summed E-state index contributed by atoms with van der Waals surface area (Å²) in [5.74, 6) is 0.752. The molecule has 128 valence electrons. The van der Waals surface area contributed by atoms with Gasteiger partial charge < -0.3 is 14.6 Å². The Morgan fingerprint density at radius 2 is 2.12 bits per heavy atom. The summed E-state index contributed by atoms with van der Waals surface area (Å²) >= 11 is 6.28. The minimum absolute atomic E-state index is 0.0649. The number of ether oxygens (including phenoxy) is 2. The van der Waals surface area contributed by atoms with E-state index in [1.165, 1.54) is 0 Å². The molecule has 4 nitrogen and oxygen atoms in total. The first-order valence-corrected chi connectivity index (χ1v) is 8.45. The highest BCUT2D eigenvalue weighted by Gasteiger charge is 2.25. The quantitative estimate of drug-likeness (QED) is 0.899. The fraction of sp³-hybridized carbons (Fsp3) is 0.368. The van der Waals surface area contributed by atoms with Crippen LogP contribution < -0.4 is 4.74 Å². The summed E-state index contributed by atoms with van der Waals surface area (Å²) in [4.78, 5) is 2.21. The van der Waals surface area contributed by atoms with E-state index in [1.807, 2.05) is 48.5 Å². The number of halogens is 1. The molecule has 1 fully saturated rings. The first kappa shape index (κ1) is 17.2. The maximum atomic E-state index is 10.5. The molecule has 1 aliphatic rings. The fourth-order valence-electron chi connectivity index (χ4n) is 2.99. The van der Waals surface area contributed by atoms with E-state index in [-0.39, 0.29) is 6.10 Å². The summed E-state index contributed by atoms with van der Waals surface area (Å²) in [6, 6.07) is 15.3. The predicted octanol–water partition coefficient (Wildman–Crippen LogP) is 3.46. The van der Waals surface area contributed by atoms with Crippen molar-refractivity contribution < 1.29 is 14.6 Å². The summed E-state index contributed by atoms with van der Waals surface area (Å²) in [6.45, 7) is 2.69. The monoisotopic (exact) mass is 347 g/mol. The van der Waals surface area contributed by atoms with Gasteiger partial charge in [-0.1, -0.05) is 41.9 Å². The summed E-state index contributed by atoms with van der Waals surface area (Å²) in [5.41, 5.74) is 1.86. The summed E-state index contributed by atoms with van der Waals surface area (Å²) in [6.07, 6.45) is -0.630. The first-order valence-electron chi connectivity index (χ1n) is 8.08. The van der Waals surface area contributed by atoms with E-state index in [4.69, 9.17) is 21.1 Å². The average Bonchev–Trinajstić information content (AvgIpc) is 2.62. The van der Waals surface area contributed by atoms with Gasteiger partial charge in [0.25, 0.3) is 0 Å². The van der Waals surface area contributed by atoms with Gasteiger partial charge >= 0.3 is 0 Å². The van der Waals surface area contributed by atoms with Crippen molar-refractivity contribution in [1.82, 2.24) is 4.90 Å². The minimum atomic E-state index is -0.565. The second-order valence-corrected chi connectivity index (χ2v) is 6.34. The Bertz CT molecular complexity index is 679. The highest BCUT2D eigenvalue weighted by atomic mass is 35.5. The number of benzene rings is 2. The molecule has 2 unspecified atom stereocenters. The molecular formula is C19H22ClNO3. The van der Waals surface area contributed by atoms with Crippen molar-refractivity contribution >= 4 is 11.6 Å². The van der Waals surface area contributed by atoms with Gasteiger partial charge in [0.1, 0.15) is 5.75 Å². The van der Waals surface area contributed by atoms with E-state index in [0.717, 1.165) is 28.4 Å². The molecule has 0 radical (unpaired) electrons. The molecule has 0 aromatic heterocycles. The van der Waals surface area contributed by atoms with Crippen LogP contribution in [0.25, 0.3) is 0 Å². The van der Waals surface area contributed by atoms with E-state index in [9.17, 15) is 5.11 Å². The Morgan fingerprint density at radius 1 is 1.29 bits per heavy atom. The summed E-state index contributed by atoms with van der Waals surface area (Å²) in [5, 5.41) is 11.3. The topological polar surface area (TPSA) is 41.9 Å². The molecule has 2 atom stereocenters. The SMILES string of the molecule is COc1cccc(C(O)CN2CCOC(c3ccccc3Cl)C2)c1. The van der Waals surface area contributed by atoms with E-state index >= 15 is 0 Å². The fourth-order valence-corrected chi connectivity index (χ4v) is 3.25. The van der Waals surface area contributed by atoms with Gasteiger partial charge in [-0.05, 0) is 23.8 Å². The maximum Gasteiger partial charge on any atom is 0.119 e. The van der Waals surface area contributed by atoms with Crippen LogP contribution in [0.1, 0.15) is 23.3 Å².